The van der Waals surface area contributed by atoms with E-state index in [0.717, 1.165) is 26.3 Å². The third kappa shape index (κ3) is 6.16. The fourth-order valence-corrected chi connectivity index (χ4v) is 6.00. The van der Waals surface area contributed by atoms with Crippen LogP contribution in [0.3, 0.4) is 0 Å². The van der Waals surface area contributed by atoms with Gasteiger partial charge in [0.1, 0.15) is 0 Å². The summed E-state index contributed by atoms with van der Waals surface area (Å²) in [6, 6.07) is 15.5. The Kier molecular flexibility index (Phi) is 7.49. The third-order valence-electron chi connectivity index (χ3n) is 4.73. The van der Waals surface area contributed by atoms with Gasteiger partial charge in [0, 0.05) is 0 Å². The van der Waals surface area contributed by atoms with Crippen molar-refractivity contribution in [2.75, 3.05) is 13.7 Å². The first-order chi connectivity index (χ1) is 14.8. The van der Waals surface area contributed by atoms with Crippen LogP contribution in [-0.2, 0) is 4.74 Å². The molecule has 0 radical (unpaired) electrons. The van der Waals surface area contributed by atoms with Crippen LogP contribution in [0.5, 0.6) is 5.75 Å². The van der Waals surface area contributed by atoms with Crippen molar-refractivity contribution in [3.8, 4) is 17.1 Å². The van der Waals surface area contributed by atoms with Crippen LogP contribution in [0.2, 0.25) is 14.8 Å². The van der Waals surface area contributed by atoms with Crippen LogP contribution in [0.15, 0.2) is 54.7 Å². The van der Waals surface area contributed by atoms with Crippen LogP contribution in [0, 0.1) is 0 Å². The molecule has 0 aliphatic rings. The number of hydrogen-bond donors (Lipinski definition) is 0. The SMILES string of the molecule is CCOC(=O)c1ccnc(-c2cc(/C=C/c3ccc(OC)cc3)c[c]([Sn]([CH3])([CH3])[CH3])n2)c1. The minimum absolute atomic E-state index is 0.336. The Morgan fingerprint density at radius 2 is 1.68 bits per heavy atom. The summed E-state index contributed by atoms with van der Waals surface area (Å²) >= 11 is -2.47. The summed E-state index contributed by atoms with van der Waals surface area (Å²) < 4.78 is 11.5. The van der Waals surface area contributed by atoms with E-state index >= 15 is 0 Å². The summed E-state index contributed by atoms with van der Waals surface area (Å²) in [5, 5.41) is 0. The molecule has 0 bridgehead atoms. The summed E-state index contributed by atoms with van der Waals surface area (Å²) in [4.78, 5) is 28.5. The van der Waals surface area contributed by atoms with E-state index in [1.807, 2.05) is 30.3 Å². The number of benzene rings is 1. The zero-order valence-corrected chi connectivity index (χ0v) is 21.5. The summed E-state index contributed by atoms with van der Waals surface area (Å²) in [5.41, 5.74) is 4.06. The van der Waals surface area contributed by atoms with Gasteiger partial charge in [0.25, 0.3) is 0 Å². The number of rotatable bonds is 7. The Bertz CT molecular complexity index is 1090. The van der Waals surface area contributed by atoms with Gasteiger partial charge in [-0.2, -0.15) is 0 Å². The first kappa shape index (κ1) is 23.0. The second kappa shape index (κ2) is 10.1. The van der Waals surface area contributed by atoms with Crippen molar-refractivity contribution in [2.45, 2.75) is 21.7 Å². The molecule has 2 aromatic heterocycles. The number of carbonyl (C=O) groups is 1. The molecule has 0 spiro atoms. The molecule has 0 aliphatic heterocycles. The number of pyridine rings is 2. The Morgan fingerprint density at radius 1 is 0.968 bits per heavy atom. The zero-order chi connectivity index (χ0) is 22.4. The molecule has 160 valence electrons. The zero-order valence-electron chi connectivity index (χ0n) is 18.7. The molecule has 0 saturated heterocycles. The summed E-state index contributed by atoms with van der Waals surface area (Å²) in [5.74, 6) is 0.483. The summed E-state index contributed by atoms with van der Waals surface area (Å²) in [6.07, 6.45) is 5.79. The van der Waals surface area contributed by atoms with Gasteiger partial charge in [-0.15, -0.1) is 0 Å². The Labute approximate surface area is 188 Å². The van der Waals surface area contributed by atoms with Crippen LogP contribution in [0.25, 0.3) is 23.5 Å². The number of hydrogen-bond acceptors (Lipinski definition) is 5. The third-order valence-corrected chi connectivity index (χ3v) is 9.85. The maximum absolute atomic E-state index is 12.1. The van der Waals surface area contributed by atoms with Crippen molar-refractivity contribution in [3.63, 3.8) is 0 Å². The normalized spacial score (nSPS) is 11.5. The molecule has 5 nitrogen and oxygen atoms in total. The predicted octanol–water partition coefficient (Wildman–Crippen LogP) is 5.04. The number of ether oxygens (including phenoxy) is 2. The van der Waals surface area contributed by atoms with Crippen molar-refractivity contribution in [3.05, 3.63) is 71.4 Å². The molecule has 1 aromatic carbocycles. The molecule has 2 heterocycles. The number of methoxy groups -OCH3 is 1. The van der Waals surface area contributed by atoms with Gasteiger partial charge in [0.05, 0.1) is 0 Å². The summed E-state index contributed by atoms with van der Waals surface area (Å²) in [7, 11) is 1.66. The Morgan fingerprint density at radius 3 is 2.32 bits per heavy atom. The average molecular weight is 523 g/mol. The monoisotopic (exact) mass is 524 g/mol. The molecule has 0 fully saturated rings. The fourth-order valence-electron chi connectivity index (χ4n) is 2.98. The molecule has 0 unspecified atom stereocenters. The molecule has 0 N–H and O–H groups in total. The molecule has 3 rings (SSSR count). The van der Waals surface area contributed by atoms with Crippen molar-refractivity contribution in [1.29, 1.82) is 0 Å². The fraction of sp³-hybridized carbons (Fsp3) is 0.240. The quantitative estimate of drug-likeness (QED) is 0.321. The predicted molar refractivity (Wildman–Crippen MR) is 128 cm³/mol. The molecule has 3 aromatic rings. The molecule has 0 amide bonds. The van der Waals surface area contributed by atoms with E-state index < -0.39 is 18.4 Å². The van der Waals surface area contributed by atoms with Crippen LogP contribution in [0.1, 0.15) is 28.4 Å². The van der Waals surface area contributed by atoms with E-state index in [-0.39, 0.29) is 5.97 Å². The van der Waals surface area contributed by atoms with E-state index in [4.69, 9.17) is 14.5 Å². The summed E-state index contributed by atoms with van der Waals surface area (Å²) in [6.45, 7) is 2.13. The topological polar surface area (TPSA) is 61.3 Å². The van der Waals surface area contributed by atoms with E-state index in [2.05, 4.69) is 38.0 Å². The van der Waals surface area contributed by atoms with Gasteiger partial charge in [-0.25, -0.2) is 0 Å². The Balaban J connectivity index is 2.00. The molecular weight excluding hydrogens is 495 g/mol. The van der Waals surface area contributed by atoms with E-state index in [1.165, 1.54) is 0 Å². The average Bonchev–Trinajstić information content (AvgIpc) is 2.77. The molecular formula is C25H28N2O3Sn. The molecule has 0 saturated carbocycles. The number of carbonyl (C=O) groups excluding carboxylic acids is 1. The van der Waals surface area contributed by atoms with Crippen molar-refractivity contribution in [2.24, 2.45) is 0 Å². The molecule has 0 aliphatic carbocycles. The van der Waals surface area contributed by atoms with Crippen LogP contribution in [0.4, 0.5) is 0 Å². The molecule has 0 atom stereocenters. The number of nitrogens with zero attached hydrogens (tertiary/aromatic N) is 2. The van der Waals surface area contributed by atoms with E-state index in [0.29, 0.717) is 17.9 Å². The Hall–Kier alpha value is -2.67. The standard InChI is InChI=1S/C22H19N2O3.3CH3.Sn/c1-3-27-22(25)18-11-13-24-21(15-18)20-14-17(10-12-23-20)5-4-16-6-8-19(26-2)9-7-16;;;;/h4-11,13-15H,3H2,1-2H3;3*1H3;/b5-4+;;;;. The van der Waals surface area contributed by atoms with Crippen LogP contribution in [-0.4, -0.2) is 48.0 Å². The second-order valence-corrected chi connectivity index (χ2v) is 22.5. The van der Waals surface area contributed by atoms with Gasteiger partial charge in [0.2, 0.25) is 0 Å². The van der Waals surface area contributed by atoms with Gasteiger partial charge in [-0.1, -0.05) is 0 Å². The van der Waals surface area contributed by atoms with Gasteiger partial charge in [-0.05, 0) is 0 Å². The first-order valence-electron chi connectivity index (χ1n) is 10.3. The van der Waals surface area contributed by atoms with Gasteiger partial charge >= 0.3 is 188 Å². The second-order valence-electron chi connectivity index (χ2n) is 8.18. The molecule has 31 heavy (non-hydrogen) atoms. The van der Waals surface area contributed by atoms with E-state index in [1.54, 1.807) is 32.4 Å². The van der Waals surface area contributed by atoms with Crippen LogP contribution < -0.4 is 8.45 Å². The number of esters is 1. The minimum atomic E-state index is -2.47. The van der Waals surface area contributed by atoms with Crippen molar-refractivity contribution < 1.29 is 14.3 Å². The van der Waals surface area contributed by atoms with Gasteiger partial charge in [0.15, 0.2) is 0 Å². The van der Waals surface area contributed by atoms with Crippen molar-refractivity contribution in [1.82, 2.24) is 9.97 Å². The first-order valence-corrected chi connectivity index (χ1v) is 20.3. The van der Waals surface area contributed by atoms with Gasteiger partial charge in [-0.3, -0.25) is 0 Å². The maximum atomic E-state index is 12.1. The van der Waals surface area contributed by atoms with Gasteiger partial charge < -0.3 is 0 Å². The van der Waals surface area contributed by atoms with E-state index in [9.17, 15) is 4.79 Å². The van der Waals surface area contributed by atoms with Crippen LogP contribution >= 0.6 is 0 Å². The van der Waals surface area contributed by atoms with Crippen molar-refractivity contribution >= 4 is 40.2 Å². The number of aromatic nitrogens is 2. The molecule has 6 heteroatoms.